The number of halogens is 3. The molecule has 1 unspecified atom stereocenters. The van der Waals surface area contributed by atoms with Crippen molar-refractivity contribution < 1.29 is 27.9 Å². The Hall–Kier alpha value is -2.45. The molecule has 2 saturated heterocycles. The maximum atomic E-state index is 12.9. The van der Waals surface area contributed by atoms with Gasteiger partial charge in [0.25, 0.3) is 0 Å². The first-order chi connectivity index (χ1) is 12.8. The summed E-state index contributed by atoms with van der Waals surface area (Å²) in [5, 5.41) is 9.10. The largest absolute Gasteiger partial charge is 0.465 e. The Morgan fingerprint density at radius 2 is 1.74 bits per heavy atom. The van der Waals surface area contributed by atoms with Gasteiger partial charge in [-0.25, -0.2) is 4.79 Å². The van der Waals surface area contributed by atoms with Gasteiger partial charge < -0.3 is 19.8 Å². The Morgan fingerprint density at radius 1 is 1.04 bits per heavy atom. The van der Waals surface area contributed by atoms with E-state index < -0.39 is 17.8 Å². The van der Waals surface area contributed by atoms with Crippen LogP contribution in [0.3, 0.4) is 0 Å². The second-order valence-corrected chi connectivity index (χ2v) is 6.93. The first-order valence-corrected chi connectivity index (χ1v) is 8.94. The van der Waals surface area contributed by atoms with E-state index in [2.05, 4.69) is 0 Å². The number of carbonyl (C=O) groups excluding carboxylic acids is 1. The van der Waals surface area contributed by atoms with E-state index in [-0.39, 0.29) is 18.4 Å². The Morgan fingerprint density at radius 3 is 2.37 bits per heavy atom. The number of likely N-dealkylation sites (tertiary alicyclic amines) is 1. The van der Waals surface area contributed by atoms with Crippen molar-refractivity contribution in [3.05, 3.63) is 29.8 Å². The third-order valence-electron chi connectivity index (χ3n) is 5.17. The monoisotopic (exact) mass is 385 g/mol. The molecule has 0 aromatic heterocycles. The smallest absolute Gasteiger partial charge is 0.416 e. The molecule has 2 aliphatic rings. The van der Waals surface area contributed by atoms with Gasteiger partial charge in [-0.05, 0) is 31.0 Å². The Bertz CT molecular complexity index is 703. The summed E-state index contributed by atoms with van der Waals surface area (Å²) >= 11 is 0. The molecule has 3 rings (SSSR count). The summed E-state index contributed by atoms with van der Waals surface area (Å²) in [5.41, 5.74) is -0.193. The molecule has 2 heterocycles. The van der Waals surface area contributed by atoms with E-state index in [1.807, 2.05) is 4.90 Å². The zero-order valence-electron chi connectivity index (χ0n) is 14.8. The number of benzene rings is 1. The van der Waals surface area contributed by atoms with Crippen LogP contribution in [-0.4, -0.2) is 66.2 Å². The van der Waals surface area contributed by atoms with Crippen molar-refractivity contribution in [1.29, 1.82) is 0 Å². The first kappa shape index (κ1) is 19.3. The number of amides is 2. The lowest BCUT2D eigenvalue weighted by molar-refractivity contribution is -0.138. The fraction of sp³-hybridized carbons (Fsp3) is 0.556. The first-order valence-electron chi connectivity index (χ1n) is 8.94. The van der Waals surface area contributed by atoms with Crippen molar-refractivity contribution in [2.45, 2.75) is 19.0 Å². The van der Waals surface area contributed by atoms with Gasteiger partial charge >= 0.3 is 12.3 Å². The molecule has 0 radical (unpaired) electrons. The van der Waals surface area contributed by atoms with Gasteiger partial charge in [-0.2, -0.15) is 13.2 Å². The highest BCUT2D eigenvalue weighted by Gasteiger charge is 2.33. The molecule has 1 N–H and O–H groups in total. The van der Waals surface area contributed by atoms with Crippen LogP contribution in [0.2, 0.25) is 0 Å². The molecular formula is C18H22F3N3O3. The highest BCUT2D eigenvalue weighted by molar-refractivity contribution is 5.80. The van der Waals surface area contributed by atoms with Gasteiger partial charge in [0.05, 0.1) is 11.5 Å². The number of hydrogen-bond donors (Lipinski definition) is 1. The van der Waals surface area contributed by atoms with Crippen LogP contribution >= 0.6 is 0 Å². The maximum absolute atomic E-state index is 12.9. The summed E-state index contributed by atoms with van der Waals surface area (Å²) < 4.78 is 38.6. The number of rotatable bonds is 2. The van der Waals surface area contributed by atoms with Gasteiger partial charge in [-0.15, -0.1) is 0 Å². The number of piperazine rings is 1. The topological polar surface area (TPSA) is 64.1 Å². The molecule has 9 heteroatoms. The molecule has 2 amide bonds. The molecule has 0 spiro atoms. The summed E-state index contributed by atoms with van der Waals surface area (Å²) in [7, 11) is 0. The predicted octanol–water partition coefficient (Wildman–Crippen LogP) is 2.74. The minimum atomic E-state index is -4.38. The molecule has 1 aromatic rings. The van der Waals surface area contributed by atoms with Crippen molar-refractivity contribution in [2.75, 3.05) is 44.2 Å². The lowest BCUT2D eigenvalue weighted by atomic mass is 9.96. The lowest BCUT2D eigenvalue weighted by Crippen LogP contribution is -2.53. The molecule has 148 valence electrons. The minimum absolute atomic E-state index is 0.0651. The predicted molar refractivity (Wildman–Crippen MR) is 92.6 cm³/mol. The second kappa shape index (κ2) is 7.66. The molecule has 0 saturated carbocycles. The zero-order chi connectivity index (χ0) is 19.6. The zero-order valence-corrected chi connectivity index (χ0v) is 14.8. The summed E-state index contributed by atoms with van der Waals surface area (Å²) in [6, 6.07) is 5.20. The fourth-order valence-corrected chi connectivity index (χ4v) is 3.67. The Labute approximate surface area is 155 Å². The van der Waals surface area contributed by atoms with E-state index in [1.54, 1.807) is 11.0 Å². The number of piperidine rings is 1. The molecule has 2 fully saturated rings. The van der Waals surface area contributed by atoms with Crippen LogP contribution in [-0.2, 0) is 11.0 Å². The molecule has 1 atom stereocenters. The van der Waals surface area contributed by atoms with Crippen LogP contribution in [0, 0.1) is 5.92 Å². The van der Waals surface area contributed by atoms with Crippen LogP contribution in [0.4, 0.5) is 23.7 Å². The summed E-state index contributed by atoms with van der Waals surface area (Å²) in [6.45, 7) is 2.38. The molecule has 1 aromatic carbocycles. The summed E-state index contributed by atoms with van der Waals surface area (Å²) in [6.07, 6.45) is -4.07. The minimum Gasteiger partial charge on any atom is -0.465 e. The normalized spacial score (nSPS) is 21.3. The molecular weight excluding hydrogens is 363 g/mol. The quantitative estimate of drug-likeness (QED) is 0.850. The van der Waals surface area contributed by atoms with Crippen LogP contribution in [0.25, 0.3) is 0 Å². The van der Waals surface area contributed by atoms with Gasteiger partial charge in [0.2, 0.25) is 5.91 Å². The average Bonchev–Trinajstić information content (AvgIpc) is 2.67. The van der Waals surface area contributed by atoms with Gasteiger partial charge in [-0.1, -0.05) is 6.07 Å². The van der Waals surface area contributed by atoms with Crippen LogP contribution in [0.5, 0.6) is 0 Å². The van der Waals surface area contributed by atoms with Gasteiger partial charge in [0, 0.05) is 45.0 Å². The van der Waals surface area contributed by atoms with Crippen molar-refractivity contribution in [2.24, 2.45) is 5.92 Å². The molecule has 0 bridgehead atoms. The second-order valence-electron chi connectivity index (χ2n) is 6.93. The van der Waals surface area contributed by atoms with Crippen LogP contribution < -0.4 is 4.90 Å². The molecule has 0 aliphatic carbocycles. The molecule has 27 heavy (non-hydrogen) atoms. The Balaban J connectivity index is 1.59. The summed E-state index contributed by atoms with van der Waals surface area (Å²) in [5.74, 6) is -0.403. The van der Waals surface area contributed by atoms with E-state index in [0.717, 1.165) is 12.1 Å². The van der Waals surface area contributed by atoms with E-state index in [1.165, 1.54) is 11.0 Å². The third kappa shape index (κ3) is 4.45. The van der Waals surface area contributed by atoms with Crippen LogP contribution in [0.15, 0.2) is 24.3 Å². The Kier molecular flexibility index (Phi) is 5.48. The number of carbonyl (C=O) groups is 2. The fourth-order valence-electron chi connectivity index (χ4n) is 3.67. The molecule has 2 aliphatic heterocycles. The third-order valence-corrected chi connectivity index (χ3v) is 5.17. The van der Waals surface area contributed by atoms with E-state index >= 15 is 0 Å². The number of carboxylic acid groups (broad SMARTS) is 1. The van der Waals surface area contributed by atoms with Crippen molar-refractivity contribution in [3.63, 3.8) is 0 Å². The number of anilines is 1. The van der Waals surface area contributed by atoms with Crippen molar-refractivity contribution in [3.8, 4) is 0 Å². The molecule has 6 nitrogen and oxygen atoms in total. The van der Waals surface area contributed by atoms with Crippen molar-refractivity contribution >= 4 is 17.7 Å². The average molecular weight is 385 g/mol. The van der Waals surface area contributed by atoms with E-state index in [0.29, 0.717) is 51.3 Å². The highest BCUT2D eigenvalue weighted by atomic mass is 19.4. The van der Waals surface area contributed by atoms with Gasteiger partial charge in [-0.3, -0.25) is 4.79 Å². The SMILES string of the molecule is O=C(O)N1CCCC(C(=O)N2CCN(c3cccc(C(F)(F)F)c3)CC2)C1. The number of nitrogens with zero attached hydrogens (tertiary/aromatic N) is 3. The summed E-state index contributed by atoms with van der Waals surface area (Å²) in [4.78, 5) is 28.6. The standard InChI is InChI=1S/C18H22F3N3O3/c19-18(20,21)14-4-1-5-15(11-14)22-7-9-23(10-8-22)16(25)13-3-2-6-24(12-13)17(26)27/h1,4-5,11,13H,2-3,6-10,12H2,(H,26,27). The lowest BCUT2D eigenvalue weighted by Gasteiger charge is -2.39. The van der Waals surface area contributed by atoms with Gasteiger partial charge in [0.15, 0.2) is 0 Å². The van der Waals surface area contributed by atoms with Crippen molar-refractivity contribution in [1.82, 2.24) is 9.80 Å². The van der Waals surface area contributed by atoms with E-state index in [4.69, 9.17) is 5.11 Å². The number of alkyl halides is 3. The van der Waals surface area contributed by atoms with Crippen LogP contribution in [0.1, 0.15) is 18.4 Å². The van der Waals surface area contributed by atoms with E-state index in [9.17, 15) is 22.8 Å². The number of hydrogen-bond acceptors (Lipinski definition) is 3. The highest BCUT2D eigenvalue weighted by Crippen LogP contribution is 2.32. The van der Waals surface area contributed by atoms with Gasteiger partial charge in [0.1, 0.15) is 0 Å². The maximum Gasteiger partial charge on any atom is 0.416 e.